The summed E-state index contributed by atoms with van der Waals surface area (Å²) >= 11 is 1.55. The lowest BCUT2D eigenvalue weighted by molar-refractivity contribution is 0.492. The first-order valence-corrected chi connectivity index (χ1v) is 8.50. The predicted octanol–water partition coefficient (Wildman–Crippen LogP) is 3.83. The summed E-state index contributed by atoms with van der Waals surface area (Å²) in [5.74, 6) is 0. The molecule has 0 saturated heterocycles. The molecule has 2 aromatic heterocycles. The summed E-state index contributed by atoms with van der Waals surface area (Å²) in [6.07, 6.45) is 4.68. The van der Waals surface area contributed by atoms with Gasteiger partial charge >= 0.3 is 0 Å². The number of aryl methyl sites for hydroxylation is 1. The van der Waals surface area contributed by atoms with E-state index in [4.69, 9.17) is 0 Å². The van der Waals surface area contributed by atoms with E-state index in [0.717, 1.165) is 35.9 Å². The Morgan fingerprint density at radius 1 is 1.38 bits per heavy atom. The molecular weight excluding hydrogens is 282 g/mol. The molecular formula is C16H21N3OS. The van der Waals surface area contributed by atoms with Crippen LogP contribution in [0.1, 0.15) is 44.3 Å². The number of nitrogens with zero attached hydrogens (tertiary/aromatic N) is 2. The normalized spacial score (nSPS) is 15.5. The van der Waals surface area contributed by atoms with Gasteiger partial charge in [-0.3, -0.25) is 4.79 Å². The van der Waals surface area contributed by atoms with Crippen molar-refractivity contribution in [1.82, 2.24) is 9.55 Å². The molecule has 3 rings (SSSR count). The Morgan fingerprint density at radius 3 is 2.86 bits per heavy atom. The first kappa shape index (κ1) is 14.3. The van der Waals surface area contributed by atoms with Gasteiger partial charge in [0.05, 0.1) is 11.3 Å². The molecule has 1 aliphatic rings. The van der Waals surface area contributed by atoms with Crippen molar-refractivity contribution in [3.63, 3.8) is 0 Å². The van der Waals surface area contributed by atoms with Crippen molar-refractivity contribution in [3.8, 4) is 11.3 Å². The van der Waals surface area contributed by atoms with Crippen LogP contribution in [-0.4, -0.2) is 16.1 Å². The molecule has 4 nitrogen and oxygen atoms in total. The van der Waals surface area contributed by atoms with E-state index in [1.807, 2.05) is 35.9 Å². The van der Waals surface area contributed by atoms with Gasteiger partial charge in [-0.25, -0.2) is 4.98 Å². The highest BCUT2D eigenvalue weighted by atomic mass is 32.1. The van der Waals surface area contributed by atoms with Gasteiger partial charge in [-0.05, 0) is 38.8 Å². The smallest absolute Gasteiger partial charge is 0.260 e. The summed E-state index contributed by atoms with van der Waals surface area (Å²) in [7, 11) is 0. The quantitative estimate of drug-likeness (QED) is 0.934. The van der Waals surface area contributed by atoms with Crippen LogP contribution in [0, 0.1) is 6.92 Å². The van der Waals surface area contributed by atoms with Crippen LogP contribution >= 0.6 is 11.3 Å². The number of hydrogen-bond donors (Lipinski definition) is 1. The Bertz CT molecular complexity index is 683. The second-order valence-corrected chi connectivity index (χ2v) is 6.43. The zero-order valence-corrected chi connectivity index (χ0v) is 13.4. The van der Waals surface area contributed by atoms with E-state index in [-0.39, 0.29) is 5.56 Å². The van der Waals surface area contributed by atoms with Crippen molar-refractivity contribution in [2.24, 2.45) is 0 Å². The summed E-state index contributed by atoms with van der Waals surface area (Å²) < 4.78 is 1.98. The molecule has 1 aliphatic carbocycles. The lowest BCUT2D eigenvalue weighted by Crippen LogP contribution is -2.26. The Hall–Kier alpha value is -1.62. The SMILES string of the molecule is CCNc1nc(-c2ccc(C)n(C3CCCC3)c2=O)cs1. The topological polar surface area (TPSA) is 46.9 Å². The maximum absolute atomic E-state index is 12.9. The van der Waals surface area contributed by atoms with Gasteiger partial charge < -0.3 is 9.88 Å². The maximum Gasteiger partial charge on any atom is 0.260 e. The van der Waals surface area contributed by atoms with Gasteiger partial charge in [-0.15, -0.1) is 11.3 Å². The lowest BCUT2D eigenvalue weighted by Gasteiger charge is -2.17. The van der Waals surface area contributed by atoms with Gasteiger partial charge in [0, 0.05) is 23.7 Å². The van der Waals surface area contributed by atoms with Gasteiger partial charge in [0.15, 0.2) is 5.13 Å². The highest BCUT2D eigenvalue weighted by molar-refractivity contribution is 7.14. The van der Waals surface area contributed by atoms with E-state index < -0.39 is 0 Å². The average Bonchev–Trinajstić information content (AvgIpc) is 3.11. The fraction of sp³-hybridized carbons (Fsp3) is 0.500. The van der Waals surface area contributed by atoms with Crippen LogP contribution in [0.2, 0.25) is 0 Å². The Balaban J connectivity index is 2.02. The number of nitrogens with one attached hydrogen (secondary N) is 1. The molecule has 1 saturated carbocycles. The van der Waals surface area contributed by atoms with Crippen LogP contribution in [0.25, 0.3) is 11.3 Å². The van der Waals surface area contributed by atoms with Crippen molar-refractivity contribution >= 4 is 16.5 Å². The molecule has 0 spiro atoms. The molecule has 1 N–H and O–H groups in total. The van der Waals surface area contributed by atoms with E-state index in [9.17, 15) is 4.79 Å². The maximum atomic E-state index is 12.9. The van der Waals surface area contributed by atoms with Crippen molar-refractivity contribution in [2.75, 3.05) is 11.9 Å². The van der Waals surface area contributed by atoms with Crippen LogP contribution in [0.4, 0.5) is 5.13 Å². The van der Waals surface area contributed by atoms with Crippen molar-refractivity contribution in [1.29, 1.82) is 0 Å². The van der Waals surface area contributed by atoms with Crippen molar-refractivity contribution in [2.45, 2.75) is 45.6 Å². The number of aromatic nitrogens is 2. The summed E-state index contributed by atoms with van der Waals surface area (Å²) in [6.45, 7) is 4.90. The highest BCUT2D eigenvalue weighted by Crippen LogP contribution is 2.30. The number of hydrogen-bond acceptors (Lipinski definition) is 4. The monoisotopic (exact) mass is 303 g/mol. The highest BCUT2D eigenvalue weighted by Gasteiger charge is 2.21. The molecule has 112 valence electrons. The van der Waals surface area contributed by atoms with E-state index >= 15 is 0 Å². The molecule has 0 bridgehead atoms. The van der Waals surface area contributed by atoms with Crippen LogP contribution in [0.15, 0.2) is 22.3 Å². The van der Waals surface area contributed by atoms with Gasteiger partial charge in [0.2, 0.25) is 0 Å². The molecule has 21 heavy (non-hydrogen) atoms. The first-order chi connectivity index (χ1) is 10.2. The standard InChI is InChI=1S/C16H21N3OS/c1-3-17-16-18-14(10-21-16)13-9-8-11(2)19(15(13)20)12-6-4-5-7-12/h8-10,12H,3-7H2,1-2H3,(H,17,18). The van der Waals surface area contributed by atoms with Gasteiger partial charge in [-0.1, -0.05) is 12.8 Å². The number of rotatable bonds is 4. The minimum Gasteiger partial charge on any atom is -0.362 e. The minimum absolute atomic E-state index is 0.107. The average molecular weight is 303 g/mol. The largest absolute Gasteiger partial charge is 0.362 e. The first-order valence-electron chi connectivity index (χ1n) is 7.62. The molecule has 0 radical (unpaired) electrons. The second-order valence-electron chi connectivity index (χ2n) is 5.57. The summed E-state index contributed by atoms with van der Waals surface area (Å²) in [4.78, 5) is 17.4. The van der Waals surface area contributed by atoms with E-state index in [1.165, 1.54) is 12.8 Å². The molecule has 0 atom stereocenters. The fourth-order valence-electron chi connectivity index (χ4n) is 3.09. The minimum atomic E-state index is 0.107. The fourth-order valence-corrected chi connectivity index (χ4v) is 3.87. The second kappa shape index (κ2) is 6.02. The zero-order chi connectivity index (χ0) is 14.8. The molecule has 0 aromatic carbocycles. The Kier molecular flexibility index (Phi) is 4.10. The number of anilines is 1. The summed E-state index contributed by atoms with van der Waals surface area (Å²) in [5, 5.41) is 6.03. The molecule has 0 aliphatic heterocycles. The van der Waals surface area contributed by atoms with Crippen LogP contribution in [0.3, 0.4) is 0 Å². The van der Waals surface area contributed by atoms with Gasteiger partial charge in [0.25, 0.3) is 5.56 Å². The third kappa shape index (κ3) is 2.75. The van der Waals surface area contributed by atoms with Crippen molar-refractivity contribution in [3.05, 3.63) is 33.6 Å². The van der Waals surface area contributed by atoms with Gasteiger partial charge in [0.1, 0.15) is 0 Å². The molecule has 0 unspecified atom stereocenters. The predicted molar refractivity (Wildman–Crippen MR) is 88.2 cm³/mol. The Morgan fingerprint density at radius 2 is 2.14 bits per heavy atom. The zero-order valence-electron chi connectivity index (χ0n) is 12.6. The van der Waals surface area contributed by atoms with Crippen LogP contribution < -0.4 is 10.9 Å². The van der Waals surface area contributed by atoms with E-state index in [1.54, 1.807) is 11.3 Å². The van der Waals surface area contributed by atoms with Crippen LogP contribution in [-0.2, 0) is 0 Å². The molecule has 2 heterocycles. The van der Waals surface area contributed by atoms with Crippen molar-refractivity contribution < 1.29 is 0 Å². The molecule has 0 amide bonds. The van der Waals surface area contributed by atoms with Crippen LogP contribution in [0.5, 0.6) is 0 Å². The third-order valence-electron chi connectivity index (χ3n) is 4.12. The van der Waals surface area contributed by atoms with E-state index in [2.05, 4.69) is 10.3 Å². The summed E-state index contributed by atoms with van der Waals surface area (Å²) in [5.41, 5.74) is 2.66. The third-order valence-corrected chi connectivity index (χ3v) is 4.92. The lowest BCUT2D eigenvalue weighted by atomic mass is 10.1. The Labute approximate surface area is 128 Å². The molecule has 2 aromatic rings. The number of thiazole rings is 1. The molecule has 1 fully saturated rings. The van der Waals surface area contributed by atoms with Gasteiger partial charge in [-0.2, -0.15) is 0 Å². The molecule has 5 heteroatoms. The summed E-state index contributed by atoms with van der Waals surface area (Å²) in [6, 6.07) is 4.32. The number of pyridine rings is 1. The van der Waals surface area contributed by atoms with E-state index in [0.29, 0.717) is 11.6 Å².